The molecule has 2 N–H and O–H groups in total. The number of aliphatic hydroxyl groups is 2. The van der Waals surface area contributed by atoms with Crippen molar-refractivity contribution < 1.29 is 19.8 Å². The van der Waals surface area contributed by atoms with Crippen molar-refractivity contribution >= 4 is 11.6 Å². The second-order valence-electron chi connectivity index (χ2n) is 5.33. The highest BCUT2D eigenvalue weighted by molar-refractivity contribution is 6.28. The zero-order chi connectivity index (χ0) is 14.0. The number of Topliss-reactive ketones (excluding diaryl/α,β-unsaturated/α-hetero) is 2. The maximum Gasteiger partial charge on any atom is 0.235 e. The van der Waals surface area contributed by atoms with Gasteiger partial charge in [0.05, 0.1) is 0 Å². The number of carbonyl (C=O) groups is 2. The van der Waals surface area contributed by atoms with Crippen LogP contribution >= 0.6 is 0 Å². The molecule has 0 amide bonds. The van der Waals surface area contributed by atoms with E-state index in [1.807, 2.05) is 13.8 Å². The standard InChI is InChI=1S/C14H20O4/c1-7(2)5-6-9-12(16)10(11(15)8(3)4)14(18)13(9)17/h7-8,16H,5-6H2,1-4H3,(H,17,18). The predicted octanol–water partition coefficient (Wildman–Crippen LogP) is 2.85. The Morgan fingerprint density at radius 1 is 1.11 bits per heavy atom. The van der Waals surface area contributed by atoms with Crippen molar-refractivity contribution in [3.05, 3.63) is 22.7 Å². The van der Waals surface area contributed by atoms with Crippen LogP contribution < -0.4 is 0 Å². The summed E-state index contributed by atoms with van der Waals surface area (Å²) in [6.45, 7) is 7.32. The molecule has 1 aliphatic carbocycles. The summed E-state index contributed by atoms with van der Waals surface area (Å²) in [4.78, 5) is 23.6. The topological polar surface area (TPSA) is 74.6 Å². The second-order valence-corrected chi connectivity index (χ2v) is 5.33. The molecule has 0 fully saturated rings. The SMILES string of the molecule is CC(C)CCC1=C(O)C(=O)C(C(=O)C(C)C)=C1O. The van der Waals surface area contributed by atoms with Crippen LogP contribution in [0.25, 0.3) is 0 Å². The highest BCUT2D eigenvalue weighted by Crippen LogP contribution is 2.32. The number of carbonyl (C=O) groups excluding carboxylic acids is 2. The molecule has 0 aromatic rings. The van der Waals surface area contributed by atoms with Crippen molar-refractivity contribution in [3.63, 3.8) is 0 Å². The van der Waals surface area contributed by atoms with Crippen LogP contribution in [-0.2, 0) is 9.59 Å². The average Bonchev–Trinajstić information content (AvgIpc) is 2.47. The van der Waals surface area contributed by atoms with E-state index in [1.54, 1.807) is 13.8 Å². The molecule has 0 aromatic heterocycles. The third-order valence-corrected chi connectivity index (χ3v) is 2.99. The van der Waals surface area contributed by atoms with Crippen molar-refractivity contribution in [3.8, 4) is 0 Å². The lowest BCUT2D eigenvalue weighted by molar-refractivity contribution is -0.122. The van der Waals surface area contributed by atoms with Gasteiger partial charge in [-0.2, -0.15) is 0 Å². The maximum absolute atomic E-state index is 11.8. The molecule has 0 aromatic carbocycles. The van der Waals surface area contributed by atoms with Gasteiger partial charge >= 0.3 is 0 Å². The van der Waals surface area contributed by atoms with Gasteiger partial charge in [-0.25, -0.2) is 0 Å². The molecule has 100 valence electrons. The molecule has 0 saturated carbocycles. The summed E-state index contributed by atoms with van der Waals surface area (Å²) in [5, 5.41) is 19.7. The van der Waals surface area contributed by atoms with Gasteiger partial charge in [0.2, 0.25) is 5.78 Å². The molecule has 0 saturated heterocycles. The summed E-state index contributed by atoms with van der Waals surface area (Å²) in [6, 6.07) is 0. The van der Waals surface area contributed by atoms with Gasteiger partial charge in [0.15, 0.2) is 11.5 Å². The second kappa shape index (κ2) is 5.38. The molecular weight excluding hydrogens is 232 g/mol. The molecule has 0 radical (unpaired) electrons. The highest BCUT2D eigenvalue weighted by Gasteiger charge is 2.36. The van der Waals surface area contributed by atoms with E-state index in [2.05, 4.69) is 0 Å². The third-order valence-electron chi connectivity index (χ3n) is 2.99. The number of hydrogen-bond donors (Lipinski definition) is 2. The molecule has 0 heterocycles. The first-order chi connectivity index (χ1) is 8.27. The summed E-state index contributed by atoms with van der Waals surface area (Å²) in [5.74, 6) is -1.98. The lowest BCUT2D eigenvalue weighted by Gasteiger charge is -2.07. The van der Waals surface area contributed by atoms with Crippen molar-refractivity contribution in [2.75, 3.05) is 0 Å². The molecule has 18 heavy (non-hydrogen) atoms. The molecule has 0 unspecified atom stereocenters. The summed E-state index contributed by atoms with van der Waals surface area (Å²) >= 11 is 0. The zero-order valence-corrected chi connectivity index (χ0v) is 11.3. The highest BCUT2D eigenvalue weighted by atomic mass is 16.3. The van der Waals surface area contributed by atoms with E-state index >= 15 is 0 Å². The van der Waals surface area contributed by atoms with Crippen LogP contribution in [-0.4, -0.2) is 21.8 Å². The number of hydrogen-bond acceptors (Lipinski definition) is 4. The van der Waals surface area contributed by atoms with Gasteiger partial charge < -0.3 is 10.2 Å². The van der Waals surface area contributed by atoms with E-state index in [1.165, 1.54) is 0 Å². The van der Waals surface area contributed by atoms with E-state index in [0.717, 1.165) is 6.42 Å². The lowest BCUT2D eigenvalue weighted by atomic mass is 9.98. The van der Waals surface area contributed by atoms with Crippen molar-refractivity contribution in [2.24, 2.45) is 11.8 Å². The van der Waals surface area contributed by atoms with Crippen LogP contribution in [0.5, 0.6) is 0 Å². The van der Waals surface area contributed by atoms with E-state index in [9.17, 15) is 19.8 Å². The zero-order valence-electron chi connectivity index (χ0n) is 11.3. The smallest absolute Gasteiger partial charge is 0.235 e. The first kappa shape index (κ1) is 14.5. The Labute approximate surface area is 107 Å². The Bertz CT molecular complexity index is 439. The molecule has 0 bridgehead atoms. The van der Waals surface area contributed by atoms with Gasteiger partial charge in [0.1, 0.15) is 11.3 Å². The lowest BCUT2D eigenvalue weighted by Crippen LogP contribution is -2.17. The average molecular weight is 252 g/mol. The van der Waals surface area contributed by atoms with Crippen molar-refractivity contribution in [1.29, 1.82) is 0 Å². The minimum atomic E-state index is -0.745. The summed E-state index contributed by atoms with van der Waals surface area (Å²) < 4.78 is 0. The first-order valence-electron chi connectivity index (χ1n) is 6.22. The fourth-order valence-corrected chi connectivity index (χ4v) is 1.81. The molecule has 4 nitrogen and oxygen atoms in total. The molecule has 0 spiro atoms. The molecule has 1 aliphatic rings. The largest absolute Gasteiger partial charge is 0.507 e. The van der Waals surface area contributed by atoms with Crippen LogP contribution in [0.15, 0.2) is 22.7 Å². The Balaban J connectivity index is 3.04. The van der Waals surface area contributed by atoms with Crippen molar-refractivity contribution in [2.45, 2.75) is 40.5 Å². The van der Waals surface area contributed by atoms with Crippen LogP contribution in [0.1, 0.15) is 40.5 Å². The number of allylic oxidation sites excluding steroid dienone is 2. The van der Waals surface area contributed by atoms with Crippen LogP contribution in [0.4, 0.5) is 0 Å². The first-order valence-corrected chi connectivity index (χ1v) is 6.22. The van der Waals surface area contributed by atoms with Gasteiger partial charge in [-0.05, 0) is 18.8 Å². The van der Waals surface area contributed by atoms with Gasteiger partial charge in [-0.15, -0.1) is 0 Å². The normalized spacial score (nSPS) is 16.4. The van der Waals surface area contributed by atoms with Crippen LogP contribution in [0.3, 0.4) is 0 Å². The minimum Gasteiger partial charge on any atom is -0.507 e. The predicted molar refractivity (Wildman–Crippen MR) is 68.2 cm³/mol. The monoisotopic (exact) mass is 252 g/mol. The molecule has 0 aliphatic heterocycles. The molecule has 4 heteroatoms. The molecular formula is C14H20O4. The summed E-state index contributed by atoms with van der Waals surface area (Å²) in [7, 11) is 0. The molecule has 0 atom stereocenters. The van der Waals surface area contributed by atoms with E-state index in [0.29, 0.717) is 12.3 Å². The van der Waals surface area contributed by atoms with Crippen LogP contribution in [0, 0.1) is 11.8 Å². The van der Waals surface area contributed by atoms with E-state index < -0.39 is 17.3 Å². The van der Waals surface area contributed by atoms with Gasteiger partial charge in [-0.3, -0.25) is 9.59 Å². The number of rotatable bonds is 5. The number of aliphatic hydroxyl groups excluding tert-OH is 2. The van der Waals surface area contributed by atoms with E-state index in [-0.39, 0.29) is 22.8 Å². The Kier molecular flexibility index (Phi) is 4.33. The fraction of sp³-hybridized carbons (Fsp3) is 0.571. The van der Waals surface area contributed by atoms with Gasteiger partial charge in [-0.1, -0.05) is 27.7 Å². The summed E-state index contributed by atoms with van der Waals surface area (Å²) in [5.41, 5.74) is -0.0565. The van der Waals surface area contributed by atoms with Gasteiger partial charge in [0.25, 0.3) is 0 Å². The summed E-state index contributed by atoms with van der Waals surface area (Å²) in [6.07, 6.45) is 1.13. The van der Waals surface area contributed by atoms with E-state index in [4.69, 9.17) is 0 Å². The maximum atomic E-state index is 11.8. The van der Waals surface area contributed by atoms with Crippen LogP contribution in [0.2, 0.25) is 0 Å². The molecule has 1 rings (SSSR count). The Morgan fingerprint density at radius 2 is 1.67 bits per heavy atom. The van der Waals surface area contributed by atoms with Gasteiger partial charge in [0, 0.05) is 11.5 Å². The Morgan fingerprint density at radius 3 is 2.11 bits per heavy atom. The third kappa shape index (κ3) is 2.63. The fourth-order valence-electron chi connectivity index (χ4n) is 1.81. The quantitative estimate of drug-likeness (QED) is 0.738. The van der Waals surface area contributed by atoms with Crippen molar-refractivity contribution in [1.82, 2.24) is 0 Å². The Hall–Kier alpha value is -1.58. The number of ketones is 2. The minimum absolute atomic E-state index is 0.206.